The number of hydrogen-bond acceptors (Lipinski definition) is 5. The van der Waals surface area contributed by atoms with Gasteiger partial charge in [0.25, 0.3) is 11.8 Å². The van der Waals surface area contributed by atoms with Crippen molar-refractivity contribution in [1.29, 1.82) is 0 Å². The third-order valence-corrected chi connectivity index (χ3v) is 4.78. The van der Waals surface area contributed by atoms with Crippen molar-refractivity contribution in [1.82, 2.24) is 15.1 Å². The minimum absolute atomic E-state index is 0.197. The number of aromatic nitrogens is 3. The molecule has 132 valence electrons. The number of hydrogen-bond donors (Lipinski definition) is 1. The average molecular weight is 468 g/mol. The molecule has 0 saturated heterocycles. The third-order valence-electron chi connectivity index (χ3n) is 3.84. The number of amides is 1. The molecule has 0 saturated carbocycles. The number of para-hydroxylation sites is 1. The normalized spacial score (nSPS) is 10.6. The highest BCUT2D eigenvalue weighted by Crippen LogP contribution is 2.28. The molecule has 2 heterocycles. The standard InChI is InChI=1S/C20H13IN4O2/c21-15-9-3-1-7-13(15)19(26)23-16-10-4-2-8-14(16)20-24-18(25-27-20)17-11-5-6-12-22-17/h1-12H,(H,23,26). The first-order chi connectivity index (χ1) is 13.2. The summed E-state index contributed by atoms with van der Waals surface area (Å²) in [5.41, 5.74) is 2.46. The van der Waals surface area contributed by atoms with Gasteiger partial charge < -0.3 is 9.84 Å². The maximum atomic E-state index is 12.7. The molecule has 0 radical (unpaired) electrons. The van der Waals surface area contributed by atoms with E-state index in [0.717, 1.165) is 3.57 Å². The third kappa shape index (κ3) is 3.72. The maximum Gasteiger partial charge on any atom is 0.260 e. The number of nitrogens with one attached hydrogen (secondary N) is 1. The molecule has 1 N–H and O–H groups in total. The van der Waals surface area contributed by atoms with Crippen LogP contribution in [0.3, 0.4) is 0 Å². The number of halogens is 1. The van der Waals surface area contributed by atoms with Crippen molar-refractivity contribution >= 4 is 34.2 Å². The van der Waals surface area contributed by atoms with Crippen molar-refractivity contribution in [2.45, 2.75) is 0 Å². The zero-order valence-corrected chi connectivity index (χ0v) is 16.1. The summed E-state index contributed by atoms with van der Waals surface area (Å²) >= 11 is 2.14. The van der Waals surface area contributed by atoms with Gasteiger partial charge in [0.15, 0.2) is 0 Å². The summed E-state index contributed by atoms with van der Waals surface area (Å²) in [5.74, 6) is 0.510. The highest BCUT2D eigenvalue weighted by Gasteiger charge is 2.17. The Morgan fingerprint density at radius 3 is 2.56 bits per heavy atom. The first-order valence-corrected chi connectivity index (χ1v) is 9.20. The Balaban J connectivity index is 1.65. The van der Waals surface area contributed by atoms with Gasteiger partial charge in [0.1, 0.15) is 5.69 Å². The lowest BCUT2D eigenvalue weighted by Gasteiger charge is -2.09. The second-order valence-electron chi connectivity index (χ2n) is 5.62. The molecule has 0 aliphatic carbocycles. The zero-order valence-electron chi connectivity index (χ0n) is 14.0. The van der Waals surface area contributed by atoms with Gasteiger partial charge in [-0.2, -0.15) is 4.98 Å². The van der Waals surface area contributed by atoms with Crippen molar-refractivity contribution in [3.8, 4) is 23.0 Å². The van der Waals surface area contributed by atoms with E-state index in [4.69, 9.17) is 4.52 Å². The van der Waals surface area contributed by atoms with Crippen molar-refractivity contribution < 1.29 is 9.32 Å². The highest BCUT2D eigenvalue weighted by atomic mass is 127. The van der Waals surface area contributed by atoms with E-state index in [2.05, 4.69) is 43.0 Å². The fourth-order valence-corrected chi connectivity index (χ4v) is 3.18. The molecule has 7 heteroatoms. The number of nitrogens with zero attached hydrogens (tertiary/aromatic N) is 3. The molecule has 0 fully saturated rings. The van der Waals surface area contributed by atoms with Crippen LogP contribution < -0.4 is 5.32 Å². The Morgan fingerprint density at radius 1 is 0.963 bits per heavy atom. The van der Waals surface area contributed by atoms with Crippen molar-refractivity contribution in [3.63, 3.8) is 0 Å². The lowest BCUT2D eigenvalue weighted by Crippen LogP contribution is -2.14. The molecule has 0 unspecified atom stereocenters. The molecule has 1 amide bonds. The number of pyridine rings is 1. The van der Waals surface area contributed by atoms with Crippen LogP contribution >= 0.6 is 22.6 Å². The van der Waals surface area contributed by atoms with Gasteiger partial charge in [0.05, 0.1) is 16.8 Å². The van der Waals surface area contributed by atoms with Crippen LogP contribution in [0.5, 0.6) is 0 Å². The van der Waals surface area contributed by atoms with E-state index in [1.54, 1.807) is 24.4 Å². The van der Waals surface area contributed by atoms with Crippen LogP contribution in [0.4, 0.5) is 5.69 Å². The number of carbonyl (C=O) groups excluding carboxylic acids is 1. The maximum absolute atomic E-state index is 12.7. The molecule has 0 bridgehead atoms. The topological polar surface area (TPSA) is 80.9 Å². The molecule has 4 rings (SSSR count). The quantitative estimate of drug-likeness (QED) is 0.441. The Labute approximate surface area is 168 Å². The first-order valence-electron chi connectivity index (χ1n) is 8.13. The van der Waals surface area contributed by atoms with Crippen LogP contribution in [0.15, 0.2) is 77.4 Å². The van der Waals surface area contributed by atoms with Gasteiger partial charge in [-0.1, -0.05) is 35.5 Å². The minimum atomic E-state index is -0.197. The van der Waals surface area contributed by atoms with Crippen LogP contribution in [0.25, 0.3) is 23.0 Å². The summed E-state index contributed by atoms with van der Waals surface area (Å²) in [5, 5.41) is 6.92. The predicted molar refractivity (Wildman–Crippen MR) is 110 cm³/mol. The molecule has 2 aromatic heterocycles. The molecule has 27 heavy (non-hydrogen) atoms. The van der Waals surface area contributed by atoms with E-state index in [9.17, 15) is 4.79 Å². The van der Waals surface area contributed by atoms with E-state index >= 15 is 0 Å². The van der Waals surface area contributed by atoms with E-state index in [0.29, 0.717) is 34.2 Å². The van der Waals surface area contributed by atoms with Gasteiger partial charge in [0.2, 0.25) is 5.82 Å². The van der Waals surface area contributed by atoms with Crippen LogP contribution in [0, 0.1) is 3.57 Å². The van der Waals surface area contributed by atoms with Crippen molar-refractivity contribution in [2.24, 2.45) is 0 Å². The summed E-state index contributed by atoms with van der Waals surface area (Å²) in [7, 11) is 0. The fraction of sp³-hybridized carbons (Fsp3) is 0. The summed E-state index contributed by atoms with van der Waals surface area (Å²) in [6.07, 6.45) is 1.67. The van der Waals surface area contributed by atoms with Gasteiger partial charge >= 0.3 is 0 Å². The van der Waals surface area contributed by atoms with E-state index in [1.807, 2.05) is 48.5 Å². The second-order valence-corrected chi connectivity index (χ2v) is 6.78. The number of carbonyl (C=O) groups is 1. The average Bonchev–Trinajstić information content (AvgIpc) is 3.19. The second kappa shape index (κ2) is 7.67. The first kappa shape index (κ1) is 17.3. The predicted octanol–water partition coefficient (Wildman–Crippen LogP) is 4.66. The Morgan fingerprint density at radius 2 is 1.74 bits per heavy atom. The van der Waals surface area contributed by atoms with Gasteiger partial charge in [-0.05, 0) is 59.0 Å². The zero-order chi connectivity index (χ0) is 18.6. The smallest absolute Gasteiger partial charge is 0.260 e. The summed E-state index contributed by atoms with van der Waals surface area (Å²) in [4.78, 5) is 21.3. The monoisotopic (exact) mass is 468 g/mol. The summed E-state index contributed by atoms with van der Waals surface area (Å²) < 4.78 is 6.28. The number of benzene rings is 2. The van der Waals surface area contributed by atoms with Crippen LogP contribution in [-0.2, 0) is 0 Å². The molecule has 6 nitrogen and oxygen atoms in total. The molecule has 0 aliphatic heterocycles. The Hall–Kier alpha value is -3.07. The molecular formula is C20H13IN4O2. The Kier molecular flexibility index (Phi) is 4.93. The summed E-state index contributed by atoms with van der Waals surface area (Å²) in [6.45, 7) is 0. The fourth-order valence-electron chi connectivity index (χ4n) is 2.55. The van der Waals surface area contributed by atoms with Crippen molar-refractivity contribution in [2.75, 3.05) is 5.32 Å². The summed E-state index contributed by atoms with van der Waals surface area (Å²) in [6, 6.07) is 20.2. The number of rotatable bonds is 4. The van der Waals surface area contributed by atoms with Gasteiger partial charge in [-0.25, -0.2) is 0 Å². The van der Waals surface area contributed by atoms with E-state index < -0.39 is 0 Å². The number of anilines is 1. The minimum Gasteiger partial charge on any atom is -0.333 e. The highest BCUT2D eigenvalue weighted by molar-refractivity contribution is 14.1. The molecule has 0 spiro atoms. The van der Waals surface area contributed by atoms with Crippen LogP contribution in [0.2, 0.25) is 0 Å². The molecule has 4 aromatic rings. The SMILES string of the molecule is O=C(Nc1ccccc1-c1nc(-c2ccccn2)no1)c1ccccc1I. The Bertz CT molecular complexity index is 1100. The van der Waals surface area contributed by atoms with Gasteiger partial charge in [-0.3, -0.25) is 9.78 Å². The molecule has 0 atom stereocenters. The lowest BCUT2D eigenvalue weighted by atomic mass is 10.1. The molecule has 2 aromatic carbocycles. The van der Waals surface area contributed by atoms with E-state index in [1.165, 1.54) is 0 Å². The largest absolute Gasteiger partial charge is 0.333 e. The lowest BCUT2D eigenvalue weighted by molar-refractivity contribution is 0.102. The van der Waals surface area contributed by atoms with Crippen LogP contribution in [0.1, 0.15) is 10.4 Å². The van der Waals surface area contributed by atoms with Crippen LogP contribution in [-0.4, -0.2) is 21.0 Å². The molecule has 0 aliphatic rings. The van der Waals surface area contributed by atoms with Gasteiger partial charge in [-0.15, -0.1) is 0 Å². The van der Waals surface area contributed by atoms with E-state index in [-0.39, 0.29) is 5.91 Å². The van der Waals surface area contributed by atoms with Crippen molar-refractivity contribution in [3.05, 3.63) is 82.1 Å². The molecular weight excluding hydrogens is 455 g/mol. The van der Waals surface area contributed by atoms with Gasteiger partial charge in [0, 0.05) is 9.77 Å².